The summed E-state index contributed by atoms with van der Waals surface area (Å²) in [6, 6.07) is 3.64. The number of amides is 1. The first-order valence-corrected chi connectivity index (χ1v) is 13.1. The fraction of sp³-hybridized carbons (Fsp3) is 0.652. The predicted molar refractivity (Wildman–Crippen MR) is 122 cm³/mol. The Morgan fingerprint density at radius 3 is 2.31 bits per heavy atom. The molecule has 0 radical (unpaired) electrons. The zero-order chi connectivity index (χ0) is 23.4. The smallest absolute Gasteiger partial charge is 0.252 e. The standard InChI is InChI=1S/C23H34FN3O4S/c1-3-15-32(30,31)27-13-11-26(12-14-27)23(9-5-4-6-10-23)17-25-22(29)20-8-7-19(24)16-21(20)18(2)28/h7-8,16H,3-6,9-15,17H2,1-2H3,(H,25,29). The minimum absolute atomic E-state index is 0.0786. The van der Waals surface area contributed by atoms with Crippen molar-refractivity contribution < 1.29 is 22.4 Å². The molecule has 9 heteroatoms. The van der Waals surface area contributed by atoms with E-state index in [0.29, 0.717) is 39.1 Å². The Kier molecular flexibility index (Phi) is 8.06. The van der Waals surface area contributed by atoms with Gasteiger partial charge in [-0.3, -0.25) is 14.5 Å². The molecule has 1 aliphatic carbocycles. The molecule has 0 bridgehead atoms. The molecule has 7 nitrogen and oxygen atoms in total. The van der Waals surface area contributed by atoms with Crippen molar-refractivity contribution in [3.05, 3.63) is 35.1 Å². The Hall–Kier alpha value is -1.84. The van der Waals surface area contributed by atoms with Gasteiger partial charge in [0.05, 0.1) is 11.3 Å². The molecule has 178 valence electrons. The molecule has 1 saturated carbocycles. The summed E-state index contributed by atoms with van der Waals surface area (Å²) in [6.07, 6.45) is 5.71. The number of benzene rings is 1. The van der Waals surface area contributed by atoms with Crippen LogP contribution in [0.25, 0.3) is 0 Å². The molecule has 0 spiro atoms. The fourth-order valence-electron chi connectivity index (χ4n) is 4.99. The predicted octanol–water partition coefficient (Wildman–Crippen LogP) is 2.82. The lowest BCUT2D eigenvalue weighted by atomic mass is 9.79. The van der Waals surface area contributed by atoms with Gasteiger partial charge in [0.1, 0.15) is 5.82 Å². The summed E-state index contributed by atoms with van der Waals surface area (Å²) in [5.41, 5.74) is 0.0283. The van der Waals surface area contributed by atoms with Gasteiger partial charge in [0.15, 0.2) is 5.78 Å². The second kappa shape index (κ2) is 10.4. The van der Waals surface area contributed by atoms with Crippen LogP contribution in [0.15, 0.2) is 18.2 Å². The Balaban J connectivity index is 1.71. The van der Waals surface area contributed by atoms with Crippen molar-refractivity contribution in [2.45, 2.75) is 57.9 Å². The topological polar surface area (TPSA) is 86.8 Å². The largest absolute Gasteiger partial charge is 0.350 e. The molecule has 1 heterocycles. The summed E-state index contributed by atoms with van der Waals surface area (Å²) in [4.78, 5) is 27.1. The van der Waals surface area contributed by atoms with E-state index in [1.54, 1.807) is 4.31 Å². The van der Waals surface area contributed by atoms with Crippen LogP contribution in [0.5, 0.6) is 0 Å². The highest BCUT2D eigenvalue weighted by Gasteiger charge is 2.41. The molecular formula is C23H34FN3O4S. The number of hydrogen-bond acceptors (Lipinski definition) is 5. The maximum atomic E-state index is 13.6. The highest BCUT2D eigenvalue weighted by atomic mass is 32.2. The number of piperazine rings is 1. The summed E-state index contributed by atoms with van der Waals surface area (Å²) >= 11 is 0. The highest BCUT2D eigenvalue weighted by Crippen LogP contribution is 2.34. The van der Waals surface area contributed by atoms with Crippen LogP contribution in [-0.4, -0.2) is 73.3 Å². The lowest BCUT2D eigenvalue weighted by Crippen LogP contribution is -2.62. The maximum absolute atomic E-state index is 13.6. The van der Waals surface area contributed by atoms with Crippen LogP contribution in [0.4, 0.5) is 4.39 Å². The molecule has 0 atom stereocenters. The summed E-state index contributed by atoms with van der Waals surface area (Å²) < 4.78 is 40.0. The van der Waals surface area contributed by atoms with Crippen LogP contribution in [0.3, 0.4) is 0 Å². The van der Waals surface area contributed by atoms with E-state index in [1.807, 2.05) is 6.92 Å². The van der Waals surface area contributed by atoms with Gasteiger partial charge in [-0.1, -0.05) is 26.2 Å². The van der Waals surface area contributed by atoms with Gasteiger partial charge in [-0.15, -0.1) is 0 Å². The van der Waals surface area contributed by atoms with Crippen LogP contribution in [0, 0.1) is 5.82 Å². The normalized spacial score (nSPS) is 20.1. The van der Waals surface area contributed by atoms with E-state index in [-0.39, 0.29) is 34.1 Å². The quantitative estimate of drug-likeness (QED) is 0.594. The van der Waals surface area contributed by atoms with Gasteiger partial charge in [0, 0.05) is 43.8 Å². The third-order valence-corrected chi connectivity index (χ3v) is 8.81. The third-order valence-electron chi connectivity index (χ3n) is 6.73. The number of carbonyl (C=O) groups excluding carboxylic acids is 2. The van der Waals surface area contributed by atoms with Crippen molar-refractivity contribution in [3.8, 4) is 0 Å². The Labute approximate surface area is 190 Å². The fourth-order valence-corrected chi connectivity index (χ4v) is 6.48. The van der Waals surface area contributed by atoms with Crippen LogP contribution in [0.1, 0.15) is 73.1 Å². The van der Waals surface area contributed by atoms with Crippen molar-refractivity contribution in [1.82, 2.24) is 14.5 Å². The Morgan fingerprint density at radius 1 is 1.06 bits per heavy atom. The van der Waals surface area contributed by atoms with Gasteiger partial charge in [-0.25, -0.2) is 12.8 Å². The lowest BCUT2D eigenvalue weighted by molar-refractivity contribution is 0.0240. The van der Waals surface area contributed by atoms with Gasteiger partial charge in [0.25, 0.3) is 5.91 Å². The first-order chi connectivity index (χ1) is 15.2. The minimum atomic E-state index is -3.21. The molecule has 1 aromatic rings. The van der Waals surface area contributed by atoms with Crippen molar-refractivity contribution in [1.29, 1.82) is 0 Å². The van der Waals surface area contributed by atoms with E-state index in [1.165, 1.54) is 19.1 Å². The van der Waals surface area contributed by atoms with Crippen LogP contribution >= 0.6 is 0 Å². The molecule has 2 aliphatic rings. The number of ketones is 1. The van der Waals surface area contributed by atoms with E-state index in [0.717, 1.165) is 38.2 Å². The van der Waals surface area contributed by atoms with E-state index in [2.05, 4.69) is 10.2 Å². The van der Waals surface area contributed by atoms with Gasteiger partial charge in [-0.2, -0.15) is 4.31 Å². The van der Waals surface area contributed by atoms with E-state index in [9.17, 15) is 22.4 Å². The van der Waals surface area contributed by atoms with Crippen molar-refractivity contribution in [2.24, 2.45) is 0 Å². The number of sulfonamides is 1. The zero-order valence-electron chi connectivity index (χ0n) is 19.0. The molecule has 1 amide bonds. The summed E-state index contributed by atoms with van der Waals surface area (Å²) in [5, 5.41) is 3.00. The number of rotatable bonds is 8. The molecule has 1 aromatic carbocycles. The maximum Gasteiger partial charge on any atom is 0.252 e. The Bertz CT molecular complexity index is 937. The molecule has 2 fully saturated rings. The number of halogens is 1. The van der Waals surface area contributed by atoms with E-state index >= 15 is 0 Å². The van der Waals surface area contributed by atoms with Crippen molar-refractivity contribution >= 4 is 21.7 Å². The molecular weight excluding hydrogens is 433 g/mol. The van der Waals surface area contributed by atoms with Crippen molar-refractivity contribution in [3.63, 3.8) is 0 Å². The first-order valence-electron chi connectivity index (χ1n) is 11.5. The number of carbonyl (C=O) groups is 2. The molecule has 1 saturated heterocycles. The third kappa shape index (κ3) is 5.55. The summed E-state index contributed by atoms with van der Waals surface area (Å²) in [6.45, 7) is 5.80. The second-order valence-corrected chi connectivity index (χ2v) is 11.0. The monoisotopic (exact) mass is 467 g/mol. The Morgan fingerprint density at radius 2 is 1.72 bits per heavy atom. The average Bonchev–Trinajstić information content (AvgIpc) is 2.78. The molecule has 1 N–H and O–H groups in total. The number of hydrogen-bond donors (Lipinski definition) is 1. The number of nitrogens with one attached hydrogen (secondary N) is 1. The van der Waals surface area contributed by atoms with Crippen LogP contribution < -0.4 is 5.32 Å². The van der Waals surface area contributed by atoms with Crippen molar-refractivity contribution in [2.75, 3.05) is 38.5 Å². The van der Waals surface area contributed by atoms with E-state index in [4.69, 9.17) is 0 Å². The molecule has 0 aromatic heterocycles. The first kappa shape index (κ1) is 24.8. The minimum Gasteiger partial charge on any atom is -0.350 e. The molecule has 3 rings (SSSR count). The lowest BCUT2D eigenvalue weighted by Gasteiger charge is -2.49. The van der Waals surface area contributed by atoms with Gasteiger partial charge in [-0.05, 0) is 44.4 Å². The average molecular weight is 468 g/mol. The van der Waals surface area contributed by atoms with Gasteiger partial charge < -0.3 is 5.32 Å². The highest BCUT2D eigenvalue weighted by molar-refractivity contribution is 7.89. The van der Waals surface area contributed by atoms with Crippen LogP contribution in [0.2, 0.25) is 0 Å². The molecule has 0 unspecified atom stereocenters. The van der Waals surface area contributed by atoms with Gasteiger partial charge >= 0.3 is 0 Å². The second-order valence-electron chi connectivity index (χ2n) is 8.92. The van der Waals surface area contributed by atoms with Crippen LogP contribution in [-0.2, 0) is 10.0 Å². The number of nitrogens with zero attached hydrogens (tertiary/aromatic N) is 2. The SMILES string of the molecule is CCCS(=O)(=O)N1CCN(C2(CNC(=O)c3ccc(F)cc3C(C)=O)CCCCC2)CC1. The zero-order valence-corrected chi connectivity index (χ0v) is 19.8. The summed E-state index contributed by atoms with van der Waals surface area (Å²) in [7, 11) is -3.21. The van der Waals surface area contributed by atoms with Gasteiger partial charge in [0.2, 0.25) is 10.0 Å². The van der Waals surface area contributed by atoms with E-state index < -0.39 is 15.8 Å². The molecule has 32 heavy (non-hydrogen) atoms. The molecule has 1 aliphatic heterocycles. The summed E-state index contributed by atoms with van der Waals surface area (Å²) in [5.74, 6) is -1.12. The number of Topliss-reactive ketones (excluding diaryl/α,β-unsaturated/α-hetero) is 1.